The van der Waals surface area contributed by atoms with Crippen LogP contribution in [-0.4, -0.2) is 26.9 Å². The minimum Gasteiger partial charge on any atom is -0.389 e. The SMILES string of the molecule is CCOCc1nc(I)c(-c2cccc3ccccc23)n1CC(C)(C)O. The van der Waals surface area contributed by atoms with Gasteiger partial charge in [-0.25, -0.2) is 4.98 Å². The molecule has 1 aromatic heterocycles. The van der Waals surface area contributed by atoms with Gasteiger partial charge >= 0.3 is 0 Å². The number of ether oxygens (including phenoxy) is 1. The van der Waals surface area contributed by atoms with Crippen molar-refractivity contribution in [1.29, 1.82) is 0 Å². The molecule has 5 heteroatoms. The van der Waals surface area contributed by atoms with Crippen LogP contribution in [0.25, 0.3) is 22.0 Å². The number of hydrogen-bond acceptors (Lipinski definition) is 3. The second kappa shape index (κ2) is 7.43. The molecule has 0 saturated carbocycles. The summed E-state index contributed by atoms with van der Waals surface area (Å²) in [5, 5.41) is 12.8. The normalized spacial score (nSPS) is 12.0. The van der Waals surface area contributed by atoms with Gasteiger partial charge in [0.05, 0.1) is 17.8 Å². The van der Waals surface area contributed by atoms with Crippen molar-refractivity contribution < 1.29 is 9.84 Å². The Balaban J connectivity index is 2.21. The standard InChI is InChI=1S/C20H23IN2O2/c1-4-25-12-17-22-19(21)18(23(17)13-20(2,3)24)16-11-7-9-14-8-5-6-10-15(14)16/h5-11,24H,4,12-13H2,1-3H3. The zero-order chi connectivity index (χ0) is 18.0. The van der Waals surface area contributed by atoms with Gasteiger partial charge in [-0.15, -0.1) is 0 Å². The molecule has 0 unspecified atom stereocenters. The lowest BCUT2D eigenvalue weighted by atomic mass is 10.0. The molecule has 0 aliphatic heterocycles. The molecule has 0 atom stereocenters. The van der Waals surface area contributed by atoms with Crippen molar-refractivity contribution in [2.24, 2.45) is 0 Å². The fourth-order valence-electron chi connectivity index (χ4n) is 3.02. The molecule has 4 nitrogen and oxygen atoms in total. The molecule has 3 rings (SSSR count). The Bertz CT molecular complexity index is 876. The first kappa shape index (κ1) is 18.4. The molecule has 0 radical (unpaired) electrons. The highest BCUT2D eigenvalue weighted by Gasteiger charge is 2.23. The Morgan fingerprint density at radius 2 is 1.88 bits per heavy atom. The molecule has 2 aromatic carbocycles. The number of rotatable bonds is 6. The average molecular weight is 450 g/mol. The molecule has 0 spiro atoms. The van der Waals surface area contributed by atoms with E-state index in [4.69, 9.17) is 9.72 Å². The Hall–Kier alpha value is -1.44. The second-order valence-electron chi connectivity index (χ2n) is 6.73. The fraction of sp³-hybridized carbons (Fsp3) is 0.350. The van der Waals surface area contributed by atoms with Gasteiger partial charge in [-0.1, -0.05) is 42.5 Å². The molecule has 0 saturated heterocycles. The number of benzene rings is 2. The molecular formula is C20H23IN2O2. The number of halogens is 1. The largest absolute Gasteiger partial charge is 0.389 e. The summed E-state index contributed by atoms with van der Waals surface area (Å²) in [6, 6.07) is 14.6. The van der Waals surface area contributed by atoms with E-state index in [2.05, 4.69) is 63.6 Å². The van der Waals surface area contributed by atoms with Gasteiger partial charge < -0.3 is 14.4 Å². The van der Waals surface area contributed by atoms with E-state index in [0.717, 1.165) is 20.8 Å². The lowest BCUT2D eigenvalue weighted by Crippen LogP contribution is -2.27. The Kier molecular flexibility index (Phi) is 5.46. The topological polar surface area (TPSA) is 47.3 Å². The van der Waals surface area contributed by atoms with E-state index >= 15 is 0 Å². The molecule has 1 N–H and O–H groups in total. The van der Waals surface area contributed by atoms with Crippen molar-refractivity contribution in [3.63, 3.8) is 0 Å². The third-order valence-electron chi connectivity index (χ3n) is 4.03. The Morgan fingerprint density at radius 3 is 2.60 bits per heavy atom. The zero-order valence-electron chi connectivity index (χ0n) is 14.8. The van der Waals surface area contributed by atoms with Crippen molar-refractivity contribution in [3.8, 4) is 11.3 Å². The van der Waals surface area contributed by atoms with Crippen LogP contribution in [0.1, 0.15) is 26.6 Å². The highest BCUT2D eigenvalue weighted by molar-refractivity contribution is 14.1. The van der Waals surface area contributed by atoms with E-state index in [9.17, 15) is 5.11 Å². The van der Waals surface area contributed by atoms with Crippen LogP contribution >= 0.6 is 22.6 Å². The molecular weight excluding hydrogens is 427 g/mol. The summed E-state index contributed by atoms with van der Waals surface area (Å²) in [5.74, 6) is 0.844. The summed E-state index contributed by atoms with van der Waals surface area (Å²) in [7, 11) is 0. The maximum Gasteiger partial charge on any atom is 0.136 e. The van der Waals surface area contributed by atoms with Gasteiger partial charge in [0, 0.05) is 12.2 Å². The molecule has 1 heterocycles. The molecule has 0 amide bonds. The van der Waals surface area contributed by atoms with Crippen molar-refractivity contribution in [1.82, 2.24) is 9.55 Å². The Labute approximate surface area is 162 Å². The summed E-state index contributed by atoms with van der Waals surface area (Å²) < 4.78 is 8.62. The average Bonchev–Trinajstić information content (AvgIpc) is 2.86. The summed E-state index contributed by atoms with van der Waals surface area (Å²) >= 11 is 2.28. The van der Waals surface area contributed by atoms with E-state index in [-0.39, 0.29) is 0 Å². The molecule has 132 valence electrons. The smallest absolute Gasteiger partial charge is 0.136 e. The number of hydrogen-bond donors (Lipinski definition) is 1. The zero-order valence-corrected chi connectivity index (χ0v) is 16.9. The summed E-state index contributed by atoms with van der Waals surface area (Å²) in [5.41, 5.74) is 1.32. The summed E-state index contributed by atoms with van der Waals surface area (Å²) in [6.45, 7) is 7.14. The number of imidazole rings is 1. The van der Waals surface area contributed by atoms with E-state index < -0.39 is 5.60 Å². The van der Waals surface area contributed by atoms with Crippen molar-refractivity contribution in [2.45, 2.75) is 39.5 Å². The molecule has 0 bridgehead atoms. The number of aromatic nitrogens is 2. The van der Waals surface area contributed by atoms with Crippen LogP contribution in [0.5, 0.6) is 0 Å². The van der Waals surface area contributed by atoms with Crippen molar-refractivity contribution >= 4 is 33.4 Å². The highest BCUT2D eigenvalue weighted by Crippen LogP contribution is 2.33. The minimum atomic E-state index is -0.843. The summed E-state index contributed by atoms with van der Waals surface area (Å²) in [6.07, 6.45) is 0. The third-order valence-corrected chi connectivity index (χ3v) is 4.78. The number of nitrogens with zero attached hydrogens (tertiary/aromatic N) is 2. The lowest BCUT2D eigenvalue weighted by molar-refractivity contribution is 0.0574. The highest BCUT2D eigenvalue weighted by atomic mass is 127. The van der Waals surface area contributed by atoms with Crippen LogP contribution in [-0.2, 0) is 17.9 Å². The lowest BCUT2D eigenvalue weighted by Gasteiger charge is -2.22. The maximum absolute atomic E-state index is 10.4. The van der Waals surface area contributed by atoms with Crippen LogP contribution in [0.15, 0.2) is 42.5 Å². The third kappa shape index (κ3) is 4.04. The van der Waals surface area contributed by atoms with Crippen molar-refractivity contribution in [3.05, 3.63) is 52.0 Å². The first-order valence-corrected chi connectivity index (χ1v) is 9.51. The van der Waals surface area contributed by atoms with Gasteiger partial charge in [0.2, 0.25) is 0 Å². The van der Waals surface area contributed by atoms with E-state index in [1.807, 2.05) is 26.8 Å². The summed E-state index contributed by atoms with van der Waals surface area (Å²) in [4.78, 5) is 4.73. The van der Waals surface area contributed by atoms with Crippen molar-refractivity contribution in [2.75, 3.05) is 6.61 Å². The second-order valence-corrected chi connectivity index (χ2v) is 7.75. The first-order valence-electron chi connectivity index (χ1n) is 8.44. The van der Waals surface area contributed by atoms with Gasteiger partial charge in [0.1, 0.15) is 16.1 Å². The van der Waals surface area contributed by atoms with Crippen LogP contribution in [0, 0.1) is 3.70 Å². The maximum atomic E-state index is 10.4. The minimum absolute atomic E-state index is 0.438. The fourth-order valence-corrected chi connectivity index (χ4v) is 3.88. The number of aliphatic hydroxyl groups is 1. The predicted octanol–water partition coefficient (Wildman–Crippen LogP) is 4.62. The number of fused-ring (bicyclic) bond motifs is 1. The molecule has 3 aromatic rings. The molecule has 0 aliphatic carbocycles. The quantitative estimate of drug-likeness (QED) is 0.558. The van der Waals surface area contributed by atoms with Gasteiger partial charge in [-0.3, -0.25) is 0 Å². The predicted molar refractivity (Wildman–Crippen MR) is 110 cm³/mol. The molecule has 0 aliphatic rings. The van der Waals surface area contributed by atoms with E-state index in [1.54, 1.807) is 0 Å². The van der Waals surface area contributed by atoms with E-state index in [0.29, 0.717) is 19.8 Å². The van der Waals surface area contributed by atoms with Crippen LogP contribution in [0.2, 0.25) is 0 Å². The first-order chi connectivity index (χ1) is 11.9. The van der Waals surface area contributed by atoms with Gasteiger partial charge in [-0.2, -0.15) is 0 Å². The van der Waals surface area contributed by atoms with Gasteiger partial charge in [0.15, 0.2) is 0 Å². The van der Waals surface area contributed by atoms with E-state index in [1.165, 1.54) is 10.8 Å². The molecule has 25 heavy (non-hydrogen) atoms. The van der Waals surface area contributed by atoms with Crippen LogP contribution in [0.4, 0.5) is 0 Å². The monoisotopic (exact) mass is 450 g/mol. The van der Waals surface area contributed by atoms with Gasteiger partial charge in [0.25, 0.3) is 0 Å². The van der Waals surface area contributed by atoms with Crippen LogP contribution in [0.3, 0.4) is 0 Å². The molecule has 0 fully saturated rings. The van der Waals surface area contributed by atoms with Crippen LogP contribution < -0.4 is 0 Å². The van der Waals surface area contributed by atoms with Gasteiger partial charge in [-0.05, 0) is 54.1 Å². The Morgan fingerprint density at radius 1 is 1.16 bits per heavy atom.